The molecular formula is C19H27N5O3. The highest BCUT2D eigenvalue weighted by Crippen LogP contribution is 2.33. The Labute approximate surface area is 158 Å². The third-order valence-corrected chi connectivity index (χ3v) is 5.58. The summed E-state index contributed by atoms with van der Waals surface area (Å²) >= 11 is 0. The Kier molecular flexibility index (Phi) is 5.24. The Balaban J connectivity index is 1.60. The lowest BCUT2D eigenvalue weighted by Gasteiger charge is -2.33. The largest absolute Gasteiger partial charge is 0.384 e. The van der Waals surface area contributed by atoms with Gasteiger partial charge in [0.1, 0.15) is 11.7 Å². The molecule has 0 unspecified atom stereocenters. The summed E-state index contributed by atoms with van der Waals surface area (Å²) in [6.45, 7) is 1.26. The van der Waals surface area contributed by atoms with Crippen LogP contribution in [-0.4, -0.2) is 51.0 Å². The predicted molar refractivity (Wildman–Crippen MR) is 97.4 cm³/mol. The van der Waals surface area contributed by atoms with Gasteiger partial charge in [0.05, 0.1) is 12.3 Å². The van der Waals surface area contributed by atoms with Gasteiger partial charge in [0, 0.05) is 32.7 Å². The van der Waals surface area contributed by atoms with E-state index >= 15 is 0 Å². The highest BCUT2D eigenvalue weighted by atomic mass is 16.5. The second-order valence-electron chi connectivity index (χ2n) is 7.41. The topological polar surface area (TPSA) is 86.3 Å². The van der Waals surface area contributed by atoms with Gasteiger partial charge >= 0.3 is 0 Å². The Hall–Kier alpha value is -2.22. The van der Waals surface area contributed by atoms with E-state index in [0.717, 1.165) is 61.9 Å². The molecule has 0 saturated carbocycles. The average Bonchev–Trinajstić information content (AvgIpc) is 3.29. The van der Waals surface area contributed by atoms with E-state index in [1.807, 2.05) is 11.9 Å². The van der Waals surface area contributed by atoms with Gasteiger partial charge in [0.2, 0.25) is 5.89 Å². The molecule has 0 bridgehead atoms. The Bertz CT molecular complexity index is 812. The maximum atomic E-state index is 13.5. The molecule has 2 aromatic heterocycles. The van der Waals surface area contributed by atoms with Crippen molar-refractivity contribution < 1.29 is 14.1 Å². The van der Waals surface area contributed by atoms with Gasteiger partial charge in [-0.3, -0.25) is 9.48 Å². The van der Waals surface area contributed by atoms with Gasteiger partial charge in [-0.2, -0.15) is 10.1 Å². The number of nitrogens with zero attached hydrogens (tertiary/aromatic N) is 5. The van der Waals surface area contributed by atoms with Crippen molar-refractivity contribution in [2.24, 2.45) is 7.05 Å². The van der Waals surface area contributed by atoms with E-state index < -0.39 is 0 Å². The van der Waals surface area contributed by atoms with Gasteiger partial charge in [-0.05, 0) is 44.9 Å². The molecule has 0 radical (unpaired) electrons. The summed E-state index contributed by atoms with van der Waals surface area (Å²) in [7, 11) is 3.52. The average molecular weight is 373 g/mol. The van der Waals surface area contributed by atoms with E-state index in [1.165, 1.54) is 0 Å². The first kappa shape index (κ1) is 18.2. The molecule has 1 amide bonds. The highest BCUT2D eigenvalue weighted by Gasteiger charge is 2.35. The third kappa shape index (κ3) is 3.50. The van der Waals surface area contributed by atoms with Crippen molar-refractivity contribution in [3.63, 3.8) is 0 Å². The van der Waals surface area contributed by atoms with Crippen molar-refractivity contribution in [1.82, 2.24) is 24.8 Å². The number of ether oxygens (including phenoxy) is 1. The van der Waals surface area contributed by atoms with E-state index in [1.54, 1.807) is 11.8 Å². The van der Waals surface area contributed by atoms with Gasteiger partial charge in [-0.1, -0.05) is 5.16 Å². The van der Waals surface area contributed by atoms with Gasteiger partial charge in [-0.25, -0.2) is 0 Å². The summed E-state index contributed by atoms with van der Waals surface area (Å²) in [5.74, 6) is 1.20. The molecule has 0 aromatic carbocycles. The van der Waals surface area contributed by atoms with Crippen LogP contribution in [0.1, 0.15) is 71.6 Å². The van der Waals surface area contributed by atoms with Crippen molar-refractivity contribution >= 4 is 5.91 Å². The first-order chi connectivity index (χ1) is 13.2. The lowest BCUT2D eigenvalue weighted by Crippen LogP contribution is -2.40. The van der Waals surface area contributed by atoms with Crippen LogP contribution < -0.4 is 0 Å². The zero-order valence-corrected chi connectivity index (χ0v) is 16.1. The minimum atomic E-state index is -0.163. The van der Waals surface area contributed by atoms with E-state index in [0.29, 0.717) is 31.3 Å². The number of carbonyl (C=O) groups excluding carboxylic acids is 1. The molecule has 0 N–H and O–H groups in total. The zero-order chi connectivity index (χ0) is 18.8. The number of methoxy groups -OCH3 is 1. The Morgan fingerprint density at radius 3 is 2.96 bits per heavy atom. The summed E-state index contributed by atoms with van der Waals surface area (Å²) in [5, 5.41) is 8.66. The molecule has 0 spiro atoms. The molecule has 146 valence electrons. The normalized spacial score (nSPS) is 19.9. The van der Waals surface area contributed by atoms with Crippen molar-refractivity contribution in [1.29, 1.82) is 0 Å². The van der Waals surface area contributed by atoms with E-state index in [9.17, 15) is 4.79 Å². The number of aryl methyl sites for hydroxylation is 2. The van der Waals surface area contributed by atoms with Crippen LogP contribution in [0.15, 0.2) is 4.52 Å². The molecule has 1 fully saturated rings. The van der Waals surface area contributed by atoms with Crippen molar-refractivity contribution in [2.75, 3.05) is 20.3 Å². The van der Waals surface area contributed by atoms with Crippen molar-refractivity contribution in [2.45, 2.75) is 57.4 Å². The number of likely N-dealkylation sites (tertiary alicyclic amines) is 1. The van der Waals surface area contributed by atoms with Crippen LogP contribution in [0.2, 0.25) is 0 Å². The van der Waals surface area contributed by atoms with Crippen LogP contribution in [0, 0.1) is 0 Å². The maximum absolute atomic E-state index is 13.5. The second-order valence-corrected chi connectivity index (χ2v) is 7.41. The first-order valence-corrected chi connectivity index (χ1v) is 9.86. The molecule has 1 aliphatic heterocycles. The fourth-order valence-corrected chi connectivity index (χ4v) is 4.21. The smallest absolute Gasteiger partial charge is 0.273 e. The van der Waals surface area contributed by atoms with E-state index in [2.05, 4.69) is 15.2 Å². The van der Waals surface area contributed by atoms with Crippen LogP contribution in [0.4, 0.5) is 0 Å². The van der Waals surface area contributed by atoms with Crippen LogP contribution in [0.25, 0.3) is 0 Å². The maximum Gasteiger partial charge on any atom is 0.273 e. The van der Waals surface area contributed by atoms with Gasteiger partial charge in [0.15, 0.2) is 5.82 Å². The zero-order valence-electron chi connectivity index (χ0n) is 16.1. The molecule has 8 heteroatoms. The number of rotatable bonds is 5. The number of carbonyl (C=O) groups is 1. The van der Waals surface area contributed by atoms with Crippen LogP contribution in [-0.2, 0) is 31.0 Å². The molecule has 1 aliphatic carbocycles. The minimum absolute atomic E-state index is 0.0366. The Morgan fingerprint density at radius 1 is 1.26 bits per heavy atom. The van der Waals surface area contributed by atoms with Gasteiger partial charge < -0.3 is 14.2 Å². The molecule has 2 aliphatic rings. The number of piperidine rings is 1. The van der Waals surface area contributed by atoms with Crippen LogP contribution >= 0.6 is 0 Å². The summed E-state index contributed by atoms with van der Waals surface area (Å²) in [6, 6.07) is -0.163. The molecule has 3 heterocycles. The SMILES string of the molecule is COCCc1noc([C@@H]2CCCCN2C(=O)c2c3c(nn2C)CCCC3)n1. The second kappa shape index (κ2) is 7.80. The van der Waals surface area contributed by atoms with Gasteiger partial charge in [0.25, 0.3) is 5.91 Å². The number of fused-ring (bicyclic) bond motifs is 1. The summed E-state index contributed by atoms with van der Waals surface area (Å²) in [5.41, 5.74) is 2.94. The summed E-state index contributed by atoms with van der Waals surface area (Å²) in [4.78, 5) is 19.9. The lowest BCUT2D eigenvalue weighted by molar-refractivity contribution is 0.0549. The molecule has 1 atom stereocenters. The Morgan fingerprint density at radius 2 is 2.11 bits per heavy atom. The molecule has 1 saturated heterocycles. The molecule has 27 heavy (non-hydrogen) atoms. The van der Waals surface area contributed by atoms with Gasteiger partial charge in [-0.15, -0.1) is 0 Å². The number of amides is 1. The van der Waals surface area contributed by atoms with E-state index in [4.69, 9.17) is 9.26 Å². The number of hydrogen-bond donors (Lipinski definition) is 0. The fourth-order valence-electron chi connectivity index (χ4n) is 4.21. The molecule has 8 nitrogen and oxygen atoms in total. The van der Waals surface area contributed by atoms with Crippen LogP contribution in [0.5, 0.6) is 0 Å². The molecule has 4 rings (SSSR count). The first-order valence-electron chi connectivity index (χ1n) is 9.86. The highest BCUT2D eigenvalue weighted by molar-refractivity contribution is 5.94. The lowest BCUT2D eigenvalue weighted by atomic mass is 9.94. The summed E-state index contributed by atoms with van der Waals surface area (Å²) < 4.78 is 12.4. The molecule has 2 aromatic rings. The number of aromatic nitrogens is 4. The van der Waals surface area contributed by atoms with Crippen molar-refractivity contribution in [3.05, 3.63) is 28.7 Å². The quantitative estimate of drug-likeness (QED) is 0.799. The fraction of sp³-hybridized carbons (Fsp3) is 0.684. The minimum Gasteiger partial charge on any atom is -0.384 e. The number of hydrogen-bond acceptors (Lipinski definition) is 6. The van der Waals surface area contributed by atoms with E-state index in [-0.39, 0.29) is 11.9 Å². The summed E-state index contributed by atoms with van der Waals surface area (Å²) in [6.07, 6.45) is 7.66. The predicted octanol–water partition coefficient (Wildman–Crippen LogP) is 2.24. The monoisotopic (exact) mass is 373 g/mol. The van der Waals surface area contributed by atoms with Crippen LogP contribution in [0.3, 0.4) is 0 Å². The standard InChI is InChI=1S/C19H27N5O3/c1-23-17(13-7-3-4-8-14(13)21-23)19(25)24-11-6-5-9-15(24)18-20-16(22-27-18)10-12-26-2/h15H,3-12H2,1-2H3/t15-/m0/s1. The van der Waals surface area contributed by atoms with Crippen molar-refractivity contribution in [3.8, 4) is 0 Å². The molecular weight excluding hydrogens is 346 g/mol. The third-order valence-electron chi connectivity index (χ3n) is 5.58.